The molecule has 0 saturated carbocycles. The zero-order chi connectivity index (χ0) is 12.1. The Morgan fingerprint density at radius 1 is 1.44 bits per heavy atom. The molecule has 0 radical (unpaired) electrons. The highest BCUT2D eigenvalue weighted by Gasteiger charge is 2.06. The van der Waals surface area contributed by atoms with Crippen LogP contribution in [0.1, 0.15) is 27.9 Å². The normalized spacial score (nSPS) is 9.06. The third kappa shape index (κ3) is 3.14. The van der Waals surface area contributed by atoms with Crippen molar-refractivity contribution in [3.8, 4) is 11.8 Å². The average Bonchev–Trinajstić information content (AvgIpc) is 2.19. The number of primary amides is 1. The summed E-state index contributed by atoms with van der Waals surface area (Å²) in [6.45, 7) is 1.71. The summed E-state index contributed by atoms with van der Waals surface area (Å²) in [6, 6.07) is 4.86. The fourth-order valence-corrected chi connectivity index (χ4v) is 1.16. The molecule has 0 unspecified atom stereocenters. The van der Waals surface area contributed by atoms with Crippen molar-refractivity contribution in [2.75, 3.05) is 0 Å². The van der Waals surface area contributed by atoms with Crippen molar-refractivity contribution in [3.05, 3.63) is 34.9 Å². The van der Waals surface area contributed by atoms with Crippen molar-refractivity contribution in [1.29, 1.82) is 0 Å². The summed E-state index contributed by atoms with van der Waals surface area (Å²) < 4.78 is 0. The Labute approximate surface area is 93.1 Å². The molecule has 82 valence electrons. The molecule has 0 aliphatic rings. The van der Waals surface area contributed by atoms with Crippen molar-refractivity contribution in [2.45, 2.75) is 13.3 Å². The number of nitrogens with two attached hydrogens (primary N) is 1. The molecule has 0 spiro atoms. The van der Waals surface area contributed by atoms with Crippen LogP contribution in [0.3, 0.4) is 0 Å². The van der Waals surface area contributed by atoms with Gasteiger partial charge in [-0.1, -0.05) is 17.9 Å². The number of rotatable bonds is 2. The largest absolute Gasteiger partial charge is 0.478 e. The summed E-state index contributed by atoms with van der Waals surface area (Å²) in [6.07, 6.45) is -0.0315. The van der Waals surface area contributed by atoms with Gasteiger partial charge < -0.3 is 10.8 Å². The molecular weight excluding hydrogens is 206 g/mol. The molecule has 16 heavy (non-hydrogen) atoms. The number of amides is 1. The molecule has 1 aromatic rings. The van der Waals surface area contributed by atoms with Crippen molar-refractivity contribution in [2.24, 2.45) is 5.73 Å². The third-order valence-electron chi connectivity index (χ3n) is 1.96. The van der Waals surface area contributed by atoms with Crippen molar-refractivity contribution in [3.63, 3.8) is 0 Å². The highest BCUT2D eigenvalue weighted by atomic mass is 16.4. The van der Waals surface area contributed by atoms with Crippen LogP contribution in [-0.2, 0) is 4.79 Å². The minimum atomic E-state index is -0.990. The molecule has 0 aliphatic carbocycles. The quantitative estimate of drug-likeness (QED) is 0.723. The number of hydrogen-bond acceptors (Lipinski definition) is 2. The van der Waals surface area contributed by atoms with Gasteiger partial charge in [0, 0.05) is 5.56 Å². The maximum absolute atomic E-state index is 10.8. The van der Waals surface area contributed by atoms with Crippen LogP contribution in [0.15, 0.2) is 18.2 Å². The van der Waals surface area contributed by atoms with Gasteiger partial charge in [0.1, 0.15) is 0 Å². The summed E-state index contributed by atoms with van der Waals surface area (Å²) in [5.41, 5.74) is 6.37. The predicted molar refractivity (Wildman–Crippen MR) is 58.8 cm³/mol. The second-order valence-electron chi connectivity index (χ2n) is 3.28. The molecule has 0 heterocycles. The Hall–Kier alpha value is -2.28. The minimum absolute atomic E-state index is 0.0315. The van der Waals surface area contributed by atoms with Gasteiger partial charge in [-0.15, -0.1) is 0 Å². The number of aryl methyl sites for hydroxylation is 1. The van der Waals surface area contributed by atoms with Gasteiger partial charge in [-0.2, -0.15) is 0 Å². The first kappa shape index (κ1) is 11.8. The fourth-order valence-electron chi connectivity index (χ4n) is 1.16. The van der Waals surface area contributed by atoms with Gasteiger partial charge in [0.2, 0.25) is 5.91 Å². The van der Waals surface area contributed by atoms with E-state index in [2.05, 4.69) is 11.8 Å². The van der Waals surface area contributed by atoms with Crippen LogP contribution in [0.2, 0.25) is 0 Å². The first-order valence-electron chi connectivity index (χ1n) is 4.62. The smallest absolute Gasteiger partial charge is 0.335 e. The van der Waals surface area contributed by atoms with Crippen LogP contribution in [0.5, 0.6) is 0 Å². The Balaban J connectivity index is 2.98. The number of hydrogen-bond donors (Lipinski definition) is 2. The van der Waals surface area contributed by atoms with Gasteiger partial charge in [-0.25, -0.2) is 4.79 Å². The van der Waals surface area contributed by atoms with E-state index in [-0.39, 0.29) is 12.0 Å². The molecule has 0 aromatic heterocycles. The zero-order valence-electron chi connectivity index (χ0n) is 8.78. The summed E-state index contributed by atoms with van der Waals surface area (Å²) in [5, 5.41) is 8.88. The van der Waals surface area contributed by atoms with Crippen LogP contribution in [0.4, 0.5) is 0 Å². The molecule has 4 heteroatoms. The van der Waals surface area contributed by atoms with Gasteiger partial charge in [-0.05, 0) is 24.6 Å². The van der Waals surface area contributed by atoms with Gasteiger partial charge in [0.15, 0.2) is 0 Å². The van der Waals surface area contributed by atoms with E-state index in [9.17, 15) is 9.59 Å². The lowest BCUT2D eigenvalue weighted by molar-refractivity contribution is -0.117. The molecular formula is C12H11NO3. The maximum Gasteiger partial charge on any atom is 0.335 e. The Morgan fingerprint density at radius 3 is 2.69 bits per heavy atom. The molecule has 1 rings (SSSR count). The van der Waals surface area contributed by atoms with Gasteiger partial charge in [-0.3, -0.25) is 4.79 Å². The van der Waals surface area contributed by atoms with Crippen LogP contribution in [0.25, 0.3) is 0 Å². The number of carboxylic acid groups (broad SMARTS) is 1. The molecule has 0 fully saturated rings. The zero-order valence-corrected chi connectivity index (χ0v) is 8.78. The number of aromatic carboxylic acids is 1. The maximum atomic E-state index is 10.8. The lowest BCUT2D eigenvalue weighted by Crippen LogP contribution is -2.08. The van der Waals surface area contributed by atoms with Gasteiger partial charge >= 0.3 is 5.97 Å². The molecule has 3 N–H and O–H groups in total. The Bertz CT molecular complexity index is 495. The summed E-state index contributed by atoms with van der Waals surface area (Å²) in [5.74, 6) is 3.76. The standard InChI is InChI=1S/C12H11NO3/c1-8-5-6-9(3-2-4-11(13)14)7-10(8)12(15)16/h5-7H,4H2,1H3,(H2,13,14)(H,15,16). The predicted octanol–water partition coefficient (Wildman–Crippen LogP) is 0.920. The summed E-state index contributed by atoms with van der Waals surface area (Å²) in [7, 11) is 0. The number of benzene rings is 1. The topological polar surface area (TPSA) is 80.4 Å². The molecule has 1 amide bonds. The van der Waals surface area contributed by atoms with Crippen LogP contribution in [0, 0.1) is 18.8 Å². The molecule has 0 aliphatic heterocycles. The van der Waals surface area contributed by atoms with E-state index in [1.165, 1.54) is 6.07 Å². The first-order chi connectivity index (χ1) is 7.50. The SMILES string of the molecule is Cc1ccc(C#CCC(N)=O)cc1C(=O)O. The van der Waals surface area contributed by atoms with Crippen molar-refractivity contribution >= 4 is 11.9 Å². The molecule has 0 bridgehead atoms. The Kier molecular flexibility index (Phi) is 3.67. The number of carbonyl (C=O) groups excluding carboxylic acids is 1. The lowest BCUT2D eigenvalue weighted by Gasteiger charge is -2.00. The van der Waals surface area contributed by atoms with Gasteiger partial charge in [0.25, 0.3) is 0 Å². The summed E-state index contributed by atoms with van der Waals surface area (Å²) in [4.78, 5) is 21.3. The molecule has 4 nitrogen and oxygen atoms in total. The van der Waals surface area contributed by atoms with E-state index in [1.807, 2.05) is 0 Å². The molecule has 1 aromatic carbocycles. The monoisotopic (exact) mass is 217 g/mol. The first-order valence-corrected chi connectivity index (χ1v) is 4.62. The highest BCUT2D eigenvalue weighted by molar-refractivity contribution is 5.89. The highest BCUT2D eigenvalue weighted by Crippen LogP contribution is 2.10. The number of carbonyl (C=O) groups is 2. The van der Waals surface area contributed by atoms with E-state index in [0.717, 1.165) is 0 Å². The van der Waals surface area contributed by atoms with E-state index >= 15 is 0 Å². The second kappa shape index (κ2) is 4.99. The minimum Gasteiger partial charge on any atom is -0.478 e. The third-order valence-corrected chi connectivity index (χ3v) is 1.96. The molecule has 0 atom stereocenters. The van der Waals surface area contributed by atoms with Crippen LogP contribution >= 0.6 is 0 Å². The van der Waals surface area contributed by atoms with Crippen molar-refractivity contribution in [1.82, 2.24) is 0 Å². The van der Waals surface area contributed by atoms with Gasteiger partial charge in [0.05, 0.1) is 12.0 Å². The van der Waals surface area contributed by atoms with E-state index in [0.29, 0.717) is 11.1 Å². The molecule has 0 saturated heterocycles. The van der Waals surface area contributed by atoms with E-state index in [1.54, 1.807) is 19.1 Å². The van der Waals surface area contributed by atoms with Crippen molar-refractivity contribution < 1.29 is 14.7 Å². The fraction of sp³-hybridized carbons (Fsp3) is 0.167. The second-order valence-corrected chi connectivity index (χ2v) is 3.28. The Morgan fingerprint density at radius 2 is 2.12 bits per heavy atom. The average molecular weight is 217 g/mol. The van der Waals surface area contributed by atoms with Crippen LogP contribution in [-0.4, -0.2) is 17.0 Å². The lowest BCUT2D eigenvalue weighted by atomic mass is 10.1. The summed E-state index contributed by atoms with van der Waals surface area (Å²) >= 11 is 0. The van der Waals surface area contributed by atoms with E-state index < -0.39 is 11.9 Å². The number of carboxylic acids is 1. The van der Waals surface area contributed by atoms with Crippen LogP contribution < -0.4 is 5.73 Å². The van der Waals surface area contributed by atoms with E-state index in [4.69, 9.17) is 10.8 Å².